The Kier molecular flexibility index (Phi) is 6.03. The van der Waals surface area contributed by atoms with Crippen molar-refractivity contribution in [1.29, 1.82) is 0 Å². The molecule has 29 heavy (non-hydrogen) atoms. The number of esters is 1. The molecule has 2 heterocycles. The molecule has 0 atom stereocenters. The Morgan fingerprint density at radius 3 is 2.69 bits per heavy atom. The van der Waals surface area contributed by atoms with Gasteiger partial charge in [-0.15, -0.1) is 0 Å². The zero-order chi connectivity index (χ0) is 21.1. The van der Waals surface area contributed by atoms with Gasteiger partial charge in [0, 0.05) is 28.7 Å². The van der Waals surface area contributed by atoms with Gasteiger partial charge in [0.2, 0.25) is 0 Å². The highest BCUT2D eigenvalue weighted by atomic mass is 35.5. The second-order valence-electron chi connectivity index (χ2n) is 6.75. The summed E-state index contributed by atoms with van der Waals surface area (Å²) in [6.45, 7) is 5.34. The number of carbonyl (C=O) groups excluding carboxylic acids is 2. The van der Waals surface area contributed by atoms with Crippen molar-refractivity contribution in [3.05, 3.63) is 46.7 Å². The van der Waals surface area contributed by atoms with Crippen molar-refractivity contribution in [1.82, 2.24) is 14.8 Å². The van der Waals surface area contributed by atoms with Crippen LogP contribution in [0, 0.1) is 6.92 Å². The number of amides is 1. The van der Waals surface area contributed by atoms with Gasteiger partial charge >= 0.3 is 5.97 Å². The van der Waals surface area contributed by atoms with Crippen LogP contribution in [-0.4, -0.2) is 40.4 Å². The number of benzene rings is 1. The standard InChI is InChI=1S/C20H21ClN4O4/c1-11(2)25-19-13(9-23-25)6-14(8-22-19)20(27)29-10-18(26)24-16-5-12(3)15(21)7-17(16)28-4/h5-9,11H,10H2,1-4H3,(H,24,26). The van der Waals surface area contributed by atoms with Gasteiger partial charge in [0.25, 0.3) is 5.91 Å². The highest BCUT2D eigenvalue weighted by molar-refractivity contribution is 6.31. The van der Waals surface area contributed by atoms with Gasteiger partial charge in [-0.2, -0.15) is 5.10 Å². The molecule has 8 nitrogen and oxygen atoms in total. The number of halogens is 1. The number of ether oxygens (including phenoxy) is 2. The highest BCUT2D eigenvalue weighted by Gasteiger charge is 2.15. The van der Waals surface area contributed by atoms with Gasteiger partial charge in [0.15, 0.2) is 12.3 Å². The lowest BCUT2D eigenvalue weighted by molar-refractivity contribution is -0.119. The lowest BCUT2D eigenvalue weighted by Crippen LogP contribution is -2.21. The molecule has 1 amide bonds. The number of nitrogens with one attached hydrogen (secondary N) is 1. The quantitative estimate of drug-likeness (QED) is 0.614. The summed E-state index contributed by atoms with van der Waals surface area (Å²) < 4.78 is 12.1. The van der Waals surface area contributed by atoms with Gasteiger partial charge in [0.1, 0.15) is 5.75 Å². The van der Waals surface area contributed by atoms with Crippen molar-refractivity contribution >= 4 is 40.2 Å². The van der Waals surface area contributed by atoms with Crippen LogP contribution < -0.4 is 10.1 Å². The second-order valence-corrected chi connectivity index (χ2v) is 7.15. The molecule has 0 radical (unpaired) electrons. The van der Waals surface area contributed by atoms with E-state index in [9.17, 15) is 9.59 Å². The van der Waals surface area contributed by atoms with Crippen molar-refractivity contribution in [2.24, 2.45) is 0 Å². The van der Waals surface area contributed by atoms with Gasteiger partial charge in [0.05, 0.1) is 24.6 Å². The van der Waals surface area contributed by atoms with E-state index in [4.69, 9.17) is 21.1 Å². The first-order chi connectivity index (χ1) is 13.8. The van der Waals surface area contributed by atoms with E-state index in [0.717, 1.165) is 10.9 Å². The van der Waals surface area contributed by atoms with E-state index in [1.54, 1.807) is 29.1 Å². The minimum atomic E-state index is -0.647. The predicted octanol–water partition coefficient (Wildman–Crippen LogP) is 3.78. The van der Waals surface area contributed by atoms with Crippen LogP contribution in [0.2, 0.25) is 5.02 Å². The third-order valence-electron chi connectivity index (χ3n) is 4.25. The molecule has 3 aromatic rings. The van der Waals surface area contributed by atoms with Gasteiger partial charge in [-0.05, 0) is 38.5 Å². The maximum absolute atomic E-state index is 12.3. The fourth-order valence-electron chi connectivity index (χ4n) is 2.76. The number of methoxy groups -OCH3 is 1. The molecule has 1 aromatic carbocycles. The van der Waals surface area contributed by atoms with Crippen LogP contribution in [0.1, 0.15) is 35.8 Å². The smallest absolute Gasteiger partial charge is 0.340 e. The molecule has 0 aliphatic rings. The molecule has 0 bridgehead atoms. The zero-order valence-corrected chi connectivity index (χ0v) is 17.3. The first kappa shape index (κ1) is 20.6. The van der Waals surface area contributed by atoms with E-state index >= 15 is 0 Å². The first-order valence-electron chi connectivity index (χ1n) is 8.94. The van der Waals surface area contributed by atoms with E-state index < -0.39 is 18.5 Å². The summed E-state index contributed by atoms with van der Waals surface area (Å²) in [5, 5.41) is 8.16. The van der Waals surface area contributed by atoms with Crippen LogP contribution in [0.3, 0.4) is 0 Å². The average Bonchev–Trinajstić information content (AvgIpc) is 3.12. The Morgan fingerprint density at radius 1 is 1.24 bits per heavy atom. The number of carbonyl (C=O) groups is 2. The third kappa shape index (κ3) is 4.48. The number of nitrogens with zero attached hydrogens (tertiary/aromatic N) is 3. The number of hydrogen-bond donors (Lipinski definition) is 1. The zero-order valence-electron chi connectivity index (χ0n) is 16.5. The summed E-state index contributed by atoms with van der Waals surface area (Å²) in [5.74, 6) is -0.733. The minimum Gasteiger partial charge on any atom is -0.495 e. The maximum atomic E-state index is 12.3. The Labute approximate surface area is 172 Å². The summed E-state index contributed by atoms with van der Waals surface area (Å²) in [6, 6.07) is 5.08. The largest absolute Gasteiger partial charge is 0.495 e. The molecule has 0 aliphatic carbocycles. The van der Waals surface area contributed by atoms with Crippen LogP contribution in [0.4, 0.5) is 5.69 Å². The number of rotatable bonds is 6. The van der Waals surface area contributed by atoms with E-state index in [2.05, 4.69) is 15.4 Å². The molecule has 3 rings (SSSR count). The molecule has 0 unspecified atom stereocenters. The molecule has 0 spiro atoms. The van der Waals surface area contributed by atoms with E-state index in [1.807, 2.05) is 20.8 Å². The average molecular weight is 417 g/mol. The van der Waals surface area contributed by atoms with Crippen molar-refractivity contribution in [2.45, 2.75) is 26.8 Å². The van der Waals surface area contributed by atoms with Crippen molar-refractivity contribution in [2.75, 3.05) is 19.0 Å². The number of pyridine rings is 1. The summed E-state index contributed by atoms with van der Waals surface area (Å²) in [4.78, 5) is 28.8. The predicted molar refractivity (Wildman–Crippen MR) is 110 cm³/mol. The fraction of sp³-hybridized carbons (Fsp3) is 0.300. The van der Waals surface area contributed by atoms with Crippen molar-refractivity contribution in [3.63, 3.8) is 0 Å². The molecule has 0 aliphatic heterocycles. The summed E-state index contributed by atoms with van der Waals surface area (Å²) >= 11 is 6.06. The molecule has 0 saturated heterocycles. The third-order valence-corrected chi connectivity index (χ3v) is 4.65. The first-order valence-corrected chi connectivity index (χ1v) is 9.32. The van der Waals surface area contributed by atoms with Gasteiger partial charge in [-0.1, -0.05) is 11.6 Å². The number of hydrogen-bond acceptors (Lipinski definition) is 6. The molecular formula is C20H21ClN4O4. The summed E-state index contributed by atoms with van der Waals surface area (Å²) in [7, 11) is 1.47. The Balaban J connectivity index is 1.65. The second kappa shape index (κ2) is 8.48. The SMILES string of the molecule is COc1cc(Cl)c(C)cc1NC(=O)COC(=O)c1cnc2c(cnn2C(C)C)c1. The fourth-order valence-corrected chi connectivity index (χ4v) is 2.91. The van der Waals surface area contributed by atoms with Crippen LogP contribution in [-0.2, 0) is 9.53 Å². The van der Waals surface area contributed by atoms with Gasteiger partial charge < -0.3 is 14.8 Å². The topological polar surface area (TPSA) is 95.3 Å². The molecule has 0 saturated carbocycles. The molecular weight excluding hydrogens is 396 g/mol. The van der Waals surface area contributed by atoms with Crippen molar-refractivity contribution in [3.8, 4) is 5.75 Å². The number of fused-ring (bicyclic) bond motifs is 1. The van der Waals surface area contributed by atoms with Crippen LogP contribution in [0.15, 0.2) is 30.6 Å². The summed E-state index contributed by atoms with van der Waals surface area (Å²) in [5.41, 5.74) is 2.15. The maximum Gasteiger partial charge on any atom is 0.340 e. The summed E-state index contributed by atoms with van der Waals surface area (Å²) in [6.07, 6.45) is 3.05. The normalized spacial score (nSPS) is 11.0. The van der Waals surface area contributed by atoms with E-state index in [1.165, 1.54) is 13.3 Å². The number of aryl methyl sites for hydroxylation is 1. The van der Waals surface area contributed by atoms with Crippen LogP contribution >= 0.6 is 11.6 Å². The molecule has 2 aromatic heterocycles. The lowest BCUT2D eigenvalue weighted by Gasteiger charge is -2.12. The molecule has 9 heteroatoms. The molecule has 0 fully saturated rings. The Hall–Kier alpha value is -3.13. The minimum absolute atomic E-state index is 0.148. The molecule has 152 valence electrons. The highest BCUT2D eigenvalue weighted by Crippen LogP contribution is 2.30. The van der Waals surface area contributed by atoms with Gasteiger partial charge in [-0.25, -0.2) is 14.5 Å². The monoisotopic (exact) mass is 416 g/mol. The Morgan fingerprint density at radius 2 is 2.00 bits per heavy atom. The number of aromatic nitrogens is 3. The molecule has 1 N–H and O–H groups in total. The van der Waals surface area contributed by atoms with E-state index in [0.29, 0.717) is 22.1 Å². The Bertz CT molecular complexity index is 1080. The lowest BCUT2D eigenvalue weighted by atomic mass is 10.2. The van der Waals surface area contributed by atoms with Crippen LogP contribution in [0.25, 0.3) is 11.0 Å². The van der Waals surface area contributed by atoms with E-state index in [-0.39, 0.29) is 11.6 Å². The van der Waals surface area contributed by atoms with Gasteiger partial charge in [-0.3, -0.25) is 4.79 Å². The van der Waals surface area contributed by atoms with Crippen LogP contribution in [0.5, 0.6) is 5.75 Å². The van der Waals surface area contributed by atoms with Crippen molar-refractivity contribution < 1.29 is 19.1 Å². The number of anilines is 1.